The maximum absolute atomic E-state index is 11.9. The minimum Gasteiger partial charge on any atom is -0.458 e. The summed E-state index contributed by atoms with van der Waals surface area (Å²) in [5.74, 6) is 1.08. The van der Waals surface area contributed by atoms with Crippen molar-refractivity contribution in [3.8, 4) is 0 Å². The molecule has 1 aromatic heterocycles. The second-order valence-corrected chi connectivity index (χ2v) is 5.28. The Bertz CT molecular complexity index is 568. The molecular formula is C16H19NO3. The monoisotopic (exact) mass is 273 g/mol. The number of carbonyl (C=O) groups excluding carboxylic acids is 1. The van der Waals surface area contributed by atoms with Crippen LogP contribution in [0.3, 0.4) is 0 Å². The van der Waals surface area contributed by atoms with Gasteiger partial charge in [0.1, 0.15) is 17.4 Å². The molecule has 106 valence electrons. The van der Waals surface area contributed by atoms with Gasteiger partial charge in [0.15, 0.2) is 0 Å². The van der Waals surface area contributed by atoms with Crippen LogP contribution in [0.4, 0.5) is 0 Å². The van der Waals surface area contributed by atoms with E-state index in [-0.39, 0.29) is 17.9 Å². The Balaban J connectivity index is 1.67. The number of hydrogen-bond donors (Lipinski definition) is 1. The summed E-state index contributed by atoms with van der Waals surface area (Å²) in [5.41, 5.74) is 0.842. The number of ether oxygens (including phenoxy) is 1. The van der Waals surface area contributed by atoms with Crippen molar-refractivity contribution in [1.82, 2.24) is 5.32 Å². The molecule has 1 saturated carbocycles. The van der Waals surface area contributed by atoms with E-state index >= 15 is 0 Å². The highest BCUT2D eigenvalue weighted by atomic mass is 16.5. The number of hydrogen-bond acceptors (Lipinski definition) is 3. The lowest BCUT2D eigenvalue weighted by molar-refractivity contribution is -0.128. The van der Waals surface area contributed by atoms with Crippen LogP contribution in [0.5, 0.6) is 0 Å². The van der Waals surface area contributed by atoms with Gasteiger partial charge in [0.25, 0.3) is 0 Å². The number of nitrogens with one attached hydrogen (secondary N) is 1. The molecule has 1 fully saturated rings. The fourth-order valence-corrected chi connectivity index (χ4v) is 2.47. The van der Waals surface area contributed by atoms with Gasteiger partial charge in [-0.3, -0.25) is 4.79 Å². The summed E-state index contributed by atoms with van der Waals surface area (Å²) in [6, 6.07) is 9.82. The quantitative estimate of drug-likeness (QED) is 0.911. The summed E-state index contributed by atoms with van der Waals surface area (Å²) in [5, 5.41) is 4.01. The molecular weight excluding hydrogens is 254 g/mol. The smallest absolute Gasteiger partial charge is 0.223 e. The second-order valence-electron chi connectivity index (χ2n) is 5.28. The number of methoxy groups -OCH3 is 1. The summed E-state index contributed by atoms with van der Waals surface area (Å²) < 4.78 is 11.2. The molecule has 0 aliphatic heterocycles. The number of amides is 1. The van der Waals surface area contributed by atoms with E-state index in [1.165, 1.54) is 0 Å². The van der Waals surface area contributed by atoms with E-state index < -0.39 is 0 Å². The van der Waals surface area contributed by atoms with Gasteiger partial charge < -0.3 is 14.5 Å². The van der Waals surface area contributed by atoms with Crippen molar-refractivity contribution in [1.29, 1.82) is 0 Å². The zero-order valence-electron chi connectivity index (χ0n) is 11.6. The molecule has 0 bridgehead atoms. The lowest BCUT2D eigenvalue weighted by Gasteiger charge is -2.25. The molecule has 1 unspecified atom stereocenters. The van der Waals surface area contributed by atoms with Crippen LogP contribution in [0.25, 0.3) is 11.0 Å². The van der Waals surface area contributed by atoms with E-state index in [0.717, 1.165) is 36.0 Å². The predicted molar refractivity (Wildman–Crippen MR) is 76.3 cm³/mol. The Morgan fingerprint density at radius 3 is 2.90 bits per heavy atom. The van der Waals surface area contributed by atoms with Crippen LogP contribution < -0.4 is 5.32 Å². The Labute approximate surface area is 118 Å². The predicted octanol–water partition coefficient (Wildman–Crippen LogP) is 3.04. The first-order valence-electron chi connectivity index (χ1n) is 7.07. The largest absolute Gasteiger partial charge is 0.458 e. The lowest BCUT2D eigenvalue weighted by Crippen LogP contribution is -2.37. The van der Waals surface area contributed by atoms with Crippen LogP contribution in [0, 0.1) is 5.92 Å². The van der Waals surface area contributed by atoms with Crippen LogP contribution in [0.15, 0.2) is 34.7 Å². The number of carbonyl (C=O) groups is 1. The third kappa shape index (κ3) is 2.56. The molecule has 1 heterocycles. The highest BCUT2D eigenvalue weighted by molar-refractivity contribution is 5.79. The van der Waals surface area contributed by atoms with E-state index in [0.29, 0.717) is 6.54 Å². The van der Waals surface area contributed by atoms with Gasteiger partial charge in [-0.15, -0.1) is 0 Å². The molecule has 1 aliphatic rings. The van der Waals surface area contributed by atoms with Gasteiger partial charge in [-0.25, -0.2) is 0 Å². The van der Waals surface area contributed by atoms with Gasteiger partial charge in [-0.05, 0) is 25.0 Å². The molecule has 3 rings (SSSR count). The van der Waals surface area contributed by atoms with Gasteiger partial charge in [0, 0.05) is 18.4 Å². The molecule has 1 N–H and O–H groups in total. The van der Waals surface area contributed by atoms with Crippen LogP contribution in [-0.4, -0.2) is 19.6 Å². The summed E-state index contributed by atoms with van der Waals surface area (Å²) in [7, 11) is 1.63. The van der Waals surface area contributed by atoms with Crippen LogP contribution in [-0.2, 0) is 9.53 Å². The number of rotatable bonds is 5. The average Bonchev–Trinajstić information content (AvgIpc) is 2.81. The van der Waals surface area contributed by atoms with Gasteiger partial charge in [-0.2, -0.15) is 0 Å². The van der Waals surface area contributed by atoms with E-state index in [1.807, 2.05) is 30.3 Å². The first-order chi connectivity index (χ1) is 9.78. The molecule has 4 heteroatoms. The molecule has 2 aromatic rings. The molecule has 0 saturated heterocycles. The fraction of sp³-hybridized carbons (Fsp3) is 0.438. The third-order valence-corrected chi connectivity index (χ3v) is 3.98. The molecule has 1 aliphatic carbocycles. The number of para-hydroxylation sites is 1. The Kier molecular flexibility index (Phi) is 3.74. The molecule has 4 nitrogen and oxygen atoms in total. The van der Waals surface area contributed by atoms with E-state index in [2.05, 4.69) is 5.32 Å². The number of benzene rings is 1. The Hall–Kier alpha value is -1.81. The molecule has 20 heavy (non-hydrogen) atoms. The van der Waals surface area contributed by atoms with Gasteiger partial charge in [0.05, 0.1) is 6.54 Å². The maximum atomic E-state index is 11.9. The van der Waals surface area contributed by atoms with E-state index in [1.54, 1.807) is 7.11 Å². The van der Waals surface area contributed by atoms with Crippen molar-refractivity contribution in [3.63, 3.8) is 0 Å². The first-order valence-corrected chi connectivity index (χ1v) is 7.07. The van der Waals surface area contributed by atoms with Crippen molar-refractivity contribution >= 4 is 16.9 Å². The average molecular weight is 273 g/mol. The minimum absolute atomic E-state index is 0.134. The van der Waals surface area contributed by atoms with Crippen LogP contribution >= 0.6 is 0 Å². The highest BCUT2D eigenvalue weighted by Gasteiger charge is 2.26. The summed E-state index contributed by atoms with van der Waals surface area (Å²) in [4.78, 5) is 11.9. The van der Waals surface area contributed by atoms with E-state index in [9.17, 15) is 4.79 Å². The Morgan fingerprint density at radius 2 is 2.25 bits per heavy atom. The SMILES string of the molecule is COC(CNC(=O)C1CCC1)c1cc2ccccc2o1. The van der Waals surface area contributed by atoms with Crippen LogP contribution in [0.1, 0.15) is 31.1 Å². The molecule has 0 spiro atoms. The topological polar surface area (TPSA) is 51.5 Å². The first kappa shape index (κ1) is 13.2. The zero-order valence-corrected chi connectivity index (χ0v) is 11.6. The highest BCUT2D eigenvalue weighted by Crippen LogP contribution is 2.27. The summed E-state index contributed by atoms with van der Waals surface area (Å²) >= 11 is 0. The van der Waals surface area contributed by atoms with E-state index in [4.69, 9.17) is 9.15 Å². The van der Waals surface area contributed by atoms with Gasteiger partial charge in [-0.1, -0.05) is 24.6 Å². The lowest BCUT2D eigenvalue weighted by atomic mass is 9.85. The zero-order chi connectivity index (χ0) is 13.9. The van der Waals surface area contributed by atoms with Crippen molar-refractivity contribution in [2.75, 3.05) is 13.7 Å². The van der Waals surface area contributed by atoms with Gasteiger partial charge >= 0.3 is 0 Å². The Morgan fingerprint density at radius 1 is 1.45 bits per heavy atom. The number of fused-ring (bicyclic) bond motifs is 1. The second kappa shape index (κ2) is 5.67. The summed E-state index contributed by atoms with van der Waals surface area (Å²) in [6.07, 6.45) is 2.93. The maximum Gasteiger partial charge on any atom is 0.223 e. The summed E-state index contributed by atoms with van der Waals surface area (Å²) in [6.45, 7) is 0.450. The molecule has 1 atom stereocenters. The van der Waals surface area contributed by atoms with Gasteiger partial charge in [0.2, 0.25) is 5.91 Å². The molecule has 1 aromatic carbocycles. The molecule has 1 amide bonds. The third-order valence-electron chi connectivity index (χ3n) is 3.98. The van der Waals surface area contributed by atoms with Crippen molar-refractivity contribution < 1.29 is 13.9 Å². The van der Waals surface area contributed by atoms with Crippen molar-refractivity contribution in [2.45, 2.75) is 25.4 Å². The van der Waals surface area contributed by atoms with Crippen molar-refractivity contribution in [2.24, 2.45) is 5.92 Å². The fourth-order valence-electron chi connectivity index (χ4n) is 2.47. The number of furan rings is 1. The van der Waals surface area contributed by atoms with Crippen LogP contribution in [0.2, 0.25) is 0 Å². The van der Waals surface area contributed by atoms with Crippen molar-refractivity contribution in [3.05, 3.63) is 36.1 Å². The normalized spacial score (nSPS) is 16.9. The minimum atomic E-state index is -0.244. The standard InChI is InChI=1S/C16H19NO3/c1-19-15(10-17-16(18)11-6-4-7-11)14-9-12-5-2-3-8-13(12)20-14/h2-3,5,8-9,11,15H,4,6-7,10H2,1H3,(H,17,18). The molecule has 0 radical (unpaired) electrons.